The van der Waals surface area contributed by atoms with Gasteiger partial charge in [0, 0.05) is 19.9 Å². The van der Waals surface area contributed by atoms with Gasteiger partial charge in [0.05, 0.1) is 12.9 Å². The summed E-state index contributed by atoms with van der Waals surface area (Å²) in [6.07, 6.45) is 3.89. The summed E-state index contributed by atoms with van der Waals surface area (Å²) in [7, 11) is 1.38. The first-order chi connectivity index (χ1) is 10.0. The topological polar surface area (TPSA) is 82.4 Å². The van der Waals surface area contributed by atoms with Gasteiger partial charge in [-0.1, -0.05) is 6.08 Å². The molecule has 0 saturated carbocycles. The normalized spacial score (nSPS) is 21.7. The quantitative estimate of drug-likeness (QED) is 0.562. The van der Waals surface area contributed by atoms with Crippen molar-refractivity contribution in [3.05, 3.63) is 35.8 Å². The highest BCUT2D eigenvalue weighted by Crippen LogP contribution is 2.20. The van der Waals surface area contributed by atoms with E-state index in [9.17, 15) is 10.2 Å². The van der Waals surface area contributed by atoms with Crippen molar-refractivity contribution in [2.45, 2.75) is 32.3 Å². The molecule has 0 aliphatic carbocycles. The number of nitrogens with zero attached hydrogens (tertiary/aromatic N) is 1. The highest BCUT2D eigenvalue weighted by Gasteiger charge is 2.31. The molecule has 1 heterocycles. The van der Waals surface area contributed by atoms with Crippen LogP contribution in [0.25, 0.3) is 0 Å². The first kappa shape index (κ1) is 17.7. The Bertz CT molecular complexity index is 401. The van der Waals surface area contributed by atoms with E-state index in [1.165, 1.54) is 7.11 Å². The van der Waals surface area contributed by atoms with Gasteiger partial charge >= 0.3 is 0 Å². The molecule has 3 atom stereocenters. The zero-order valence-electron chi connectivity index (χ0n) is 12.8. The summed E-state index contributed by atoms with van der Waals surface area (Å²) in [5, 5.41) is 29.2. The zero-order valence-corrected chi connectivity index (χ0v) is 12.8. The van der Waals surface area contributed by atoms with Crippen LogP contribution in [0.5, 0.6) is 0 Å². The third-order valence-corrected chi connectivity index (χ3v) is 3.41. The van der Waals surface area contributed by atoms with Crippen LogP contribution in [0.3, 0.4) is 0 Å². The Balaban J connectivity index is 2.61. The molecule has 0 radical (unpaired) electrons. The molecule has 6 nitrogen and oxygen atoms in total. The number of aliphatic hydroxyl groups is 3. The van der Waals surface area contributed by atoms with Crippen LogP contribution in [0.1, 0.15) is 13.8 Å². The number of allylic oxidation sites excluding steroid dienone is 1. The second-order valence-electron chi connectivity index (χ2n) is 4.93. The van der Waals surface area contributed by atoms with Crippen molar-refractivity contribution < 1.29 is 24.8 Å². The molecule has 1 unspecified atom stereocenters. The summed E-state index contributed by atoms with van der Waals surface area (Å²) in [4.78, 5) is 1.60. The Hall–Kier alpha value is -1.34. The molecule has 0 spiro atoms. The number of ether oxygens (including phenoxy) is 2. The van der Waals surface area contributed by atoms with Crippen LogP contribution in [-0.2, 0) is 9.47 Å². The van der Waals surface area contributed by atoms with Gasteiger partial charge in [0.1, 0.15) is 18.8 Å². The fourth-order valence-corrected chi connectivity index (χ4v) is 2.02. The Labute approximate surface area is 125 Å². The molecule has 0 bridgehead atoms. The van der Waals surface area contributed by atoms with E-state index in [1.54, 1.807) is 17.4 Å². The molecule has 21 heavy (non-hydrogen) atoms. The summed E-state index contributed by atoms with van der Waals surface area (Å²) in [6, 6.07) is 0. The average Bonchev–Trinajstić information content (AvgIpc) is 2.97. The Kier molecular flexibility index (Phi) is 7.45. The third-order valence-electron chi connectivity index (χ3n) is 3.41. The first-order valence-corrected chi connectivity index (χ1v) is 6.90. The molecule has 6 heteroatoms. The minimum absolute atomic E-state index is 0.356. The van der Waals surface area contributed by atoms with Gasteiger partial charge in [0.2, 0.25) is 0 Å². The van der Waals surface area contributed by atoms with Crippen molar-refractivity contribution >= 4 is 0 Å². The van der Waals surface area contributed by atoms with Gasteiger partial charge in [-0.3, -0.25) is 0 Å². The average molecular weight is 299 g/mol. The zero-order chi connectivity index (χ0) is 15.8. The summed E-state index contributed by atoms with van der Waals surface area (Å²) in [5.41, 5.74) is 2.09. The van der Waals surface area contributed by atoms with Crippen LogP contribution >= 0.6 is 0 Å². The standard InChI is InChI=1S/C15H25NO5/c1-4-7-21-10-11(2)12-5-6-16(8-12)15(19)14(18)13(9-17)20-3/h4-7,13-15,17-19H,8-10H2,1-3H3/b7-4-,12-11+/t13?,14-,15-/m1/s1. The second-order valence-corrected chi connectivity index (χ2v) is 4.93. The van der Waals surface area contributed by atoms with E-state index in [1.807, 2.05) is 26.0 Å². The van der Waals surface area contributed by atoms with E-state index < -0.39 is 18.4 Å². The lowest BCUT2D eigenvalue weighted by molar-refractivity contribution is -0.129. The predicted octanol–water partition coefficient (Wildman–Crippen LogP) is 0.369. The molecule has 3 N–H and O–H groups in total. The van der Waals surface area contributed by atoms with Crippen molar-refractivity contribution in [3.63, 3.8) is 0 Å². The van der Waals surface area contributed by atoms with Gasteiger partial charge < -0.3 is 29.7 Å². The Morgan fingerprint density at radius 3 is 2.76 bits per heavy atom. The molecule has 1 rings (SSSR count). The number of rotatable bonds is 8. The molecule has 0 aromatic rings. The molecule has 1 aliphatic rings. The van der Waals surface area contributed by atoms with Gasteiger partial charge in [-0.25, -0.2) is 0 Å². The fourth-order valence-electron chi connectivity index (χ4n) is 2.02. The van der Waals surface area contributed by atoms with Crippen LogP contribution < -0.4 is 0 Å². The van der Waals surface area contributed by atoms with E-state index in [0.29, 0.717) is 13.2 Å². The largest absolute Gasteiger partial charge is 0.497 e. The second kappa shape index (κ2) is 8.84. The van der Waals surface area contributed by atoms with Crippen LogP contribution in [0.2, 0.25) is 0 Å². The molecular formula is C15H25NO5. The summed E-state index contributed by atoms with van der Waals surface area (Å²) >= 11 is 0. The maximum absolute atomic E-state index is 10.1. The number of aliphatic hydroxyl groups excluding tert-OH is 3. The highest BCUT2D eigenvalue weighted by atomic mass is 16.5. The van der Waals surface area contributed by atoms with E-state index in [0.717, 1.165) is 11.1 Å². The van der Waals surface area contributed by atoms with Crippen LogP contribution in [0.4, 0.5) is 0 Å². The van der Waals surface area contributed by atoms with Gasteiger partial charge in [0.25, 0.3) is 0 Å². The summed E-state index contributed by atoms with van der Waals surface area (Å²) in [5.74, 6) is 0. The van der Waals surface area contributed by atoms with Gasteiger partial charge in [-0.15, -0.1) is 0 Å². The minimum atomic E-state index is -1.19. The van der Waals surface area contributed by atoms with Crippen LogP contribution in [-0.4, -0.2) is 65.5 Å². The molecule has 0 amide bonds. The maximum atomic E-state index is 10.1. The van der Waals surface area contributed by atoms with Crippen molar-refractivity contribution in [2.75, 3.05) is 26.9 Å². The molecule has 120 valence electrons. The SMILES string of the molecule is C/C=C\OC/C(C)=C1\C=CN([C@H](O)[C@H](O)C(CO)OC)C1. The number of hydrogen-bond acceptors (Lipinski definition) is 6. The lowest BCUT2D eigenvalue weighted by atomic mass is 10.1. The van der Waals surface area contributed by atoms with Crippen LogP contribution in [0.15, 0.2) is 35.8 Å². The van der Waals surface area contributed by atoms with Crippen LogP contribution in [0, 0.1) is 0 Å². The molecule has 0 aromatic carbocycles. The van der Waals surface area contributed by atoms with Crippen molar-refractivity contribution in [2.24, 2.45) is 0 Å². The molecule has 0 fully saturated rings. The highest BCUT2D eigenvalue weighted by molar-refractivity contribution is 5.31. The third kappa shape index (κ3) is 4.86. The fraction of sp³-hybridized carbons (Fsp3) is 0.600. The van der Waals surface area contributed by atoms with Gasteiger partial charge in [0.15, 0.2) is 6.23 Å². The van der Waals surface area contributed by atoms with Crippen molar-refractivity contribution in [1.29, 1.82) is 0 Å². The lowest BCUT2D eigenvalue weighted by Crippen LogP contribution is -2.48. The van der Waals surface area contributed by atoms with Gasteiger partial charge in [-0.2, -0.15) is 0 Å². The van der Waals surface area contributed by atoms with E-state index in [4.69, 9.17) is 14.6 Å². The molecule has 0 saturated heterocycles. The predicted molar refractivity (Wildman–Crippen MR) is 79.2 cm³/mol. The van der Waals surface area contributed by atoms with E-state index in [2.05, 4.69) is 0 Å². The van der Waals surface area contributed by atoms with Crippen molar-refractivity contribution in [1.82, 2.24) is 4.90 Å². The number of methoxy groups -OCH3 is 1. The summed E-state index contributed by atoms with van der Waals surface area (Å²) in [6.45, 7) is 4.44. The van der Waals surface area contributed by atoms with E-state index >= 15 is 0 Å². The van der Waals surface area contributed by atoms with Crippen molar-refractivity contribution in [3.8, 4) is 0 Å². The number of hydrogen-bond donors (Lipinski definition) is 3. The Morgan fingerprint density at radius 2 is 2.19 bits per heavy atom. The molecule has 1 aliphatic heterocycles. The van der Waals surface area contributed by atoms with E-state index in [-0.39, 0.29) is 6.61 Å². The maximum Gasteiger partial charge on any atom is 0.155 e. The summed E-state index contributed by atoms with van der Waals surface area (Å²) < 4.78 is 10.2. The monoisotopic (exact) mass is 299 g/mol. The smallest absolute Gasteiger partial charge is 0.155 e. The first-order valence-electron chi connectivity index (χ1n) is 6.90. The Morgan fingerprint density at radius 1 is 1.48 bits per heavy atom. The molecular weight excluding hydrogens is 274 g/mol. The lowest BCUT2D eigenvalue weighted by Gasteiger charge is -2.30. The minimum Gasteiger partial charge on any atom is -0.497 e. The van der Waals surface area contributed by atoms with Gasteiger partial charge in [-0.05, 0) is 31.1 Å². The molecule has 0 aromatic heterocycles.